The number of benzene rings is 2. The summed E-state index contributed by atoms with van der Waals surface area (Å²) >= 11 is 4.46. The highest BCUT2D eigenvalue weighted by molar-refractivity contribution is 7.80. The second-order valence-electron chi connectivity index (χ2n) is 4.99. The predicted molar refractivity (Wildman–Crippen MR) is 97.3 cm³/mol. The molecule has 2 aromatic rings. The van der Waals surface area contributed by atoms with Gasteiger partial charge in [-0.1, -0.05) is 18.2 Å². The third kappa shape index (κ3) is 4.61. The standard InChI is InChI=1S/C17H21FNO3PS/c1-3-21-23(20,22-4-2)17(15-7-5-6-8-16(15)24)19-14-11-9-13(18)10-12-14/h5-12,17,19,24H,3-4H2,1-2H3. The van der Waals surface area contributed by atoms with Crippen LogP contribution in [0.25, 0.3) is 0 Å². The summed E-state index contributed by atoms with van der Waals surface area (Å²) in [5.41, 5.74) is 1.30. The Morgan fingerprint density at radius 2 is 1.67 bits per heavy atom. The molecule has 0 saturated heterocycles. The number of thiol groups is 1. The molecule has 0 heterocycles. The van der Waals surface area contributed by atoms with E-state index < -0.39 is 13.4 Å². The summed E-state index contributed by atoms with van der Waals surface area (Å²) < 4.78 is 37.5. The maximum absolute atomic E-state index is 13.3. The number of anilines is 1. The van der Waals surface area contributed by atoms with Gasteiger partial charge in [-0.25, -0.2) is 4.39 Å². The van der Waals surface area contributed by atoms with E-state index in [1.165, 1.54) is 12.1 Å². The van der Waals surface area contributed by atoms with Crippen molar-refractivity contribution in [2.45, 2.75) is 24.5 Å². The molecular formula is C17H21FNO3PS. The van der Waals surface area contributed by atoms with Crippen LogP contribution in [0.2, 0.25) is 0 Å². The molecule has 0 aliphatic carbocycles. The van der Waals surface area contributed by atoms with Gasteiger partial charge in [-0.15, -0.1) is 12.6 Å². The number of hydrogen-bond donors (Lipinski definition) is 2. The van der Waals surface area contributed by atoms with Crippen LogP contribution in [0.3, 0.4) is 0 Å². The van der Waals surface area contributed by atoms with Gasteiger partial charge < -0.3 is 14.4 Å². The number of nitrogens with one attached hydrogen (secondary N) is 1. The van der Waals surface area contributed by atoms with Gasteiger partial charge >= 0.3 is 7.60 Å². The van der Waals surface area contributed by atoms with Crippen molar-refractivity contribution >= 4 is 25.9 Å². The number of hydrogen-bond acceptors (Lipinski definition) is 5. The van der Waals surface area contributed by atoms with Gasteiger partial charge in [0.2, 0.25) is 0 Å². The monoisotopic (exact) mass is 369 g/mol. The van der Waals surface area contributed by atoms with Crippen LogP contribution in [0.15, 0.2) is 53.4 Å². The van der Waals surface area contributed by atoms with Crippen LogP contribution in [0.4, 0.5) is 10.1 Å². The minimum atomic E-state index is -3.51. The first-order valence-electron chi connectivity index (χ1n) is 7.69. The lowest BCUT2D eigenvalue weighted by molar-refractivity contribution is 0.214. The summed E-state index contributed by atoms with van der Waals surface area (Å²) in [7, 11) is -3.51. The molecule has 0 aliphatic rings. The molecule has 0 aliphatic heterocycles. The summed E-state index contributed by atoms with van der Waals surface area (Å²) in [6, 6.07) is 13.1. The molecular weight excluding hydrogens is 348 g/mol. The average molecular weight is 369 g/mol. The Labute approximate surface area is 147 Å². The molecule has 7 heteroatoms. The lowest BCUT2D eigenvalue weighted by Crippen LogP contribution is -2.16. The lowest BCUT2D eigenvalue weighted by Gasteiger charge is -2.29. The van der Waals surface area contributed by atoms with E-state index in [-0.39, 0.29) is 19.0 Å². The molecule has 0 radical (unpaired) electrons. The van der Waals surface area contributed by atoms with Crippen LogP contribution < -0.4 is 5.32 Å². The summed E-state index contributed by atoms with van der Waals surface area (Å²) in [5.74, 6) is -1.10. The smallest absolute Gasteiger partial charge is 0.357 e. The van der Waals surface area contributed by atoms with E-state index in [0.717, 1.165) is 0 Å². The fourth-order valence-electron chi connectivity index (χ4n) is 2.30. The molecule has 0 bridgehead atoms. The Bertz CT molecular complexity index is 701. The molecule has 1 atom stereocenters. The molecule has 2 rings (SSSR count). The number of rotatable bonds is 8. The van der Waals surface area contributed by atoms with E-state index in [4.69, 9.17) is 9.05 Å². The SMILES string of the molecule is CCOP(=O)(OCC)C(Nc1ccc(F)cc1)c1ccccc1S. The summed E-state index contributed by atoms with van der Waals surface area (Å²) in [6.07, 6.45) is 0. The Balaban J connectivity index is 2.46. The van der Waals surface area contributed by atoms with Crippen molar-refractivity contribution in [3.05, 3.63) is 59.9 Å². The molecule has 0 fully saturated rings. The van der Waals surface area contributed by atoms with Crippen LogP contribution in [-0.4, -0.2) is 13.2 Å². The summed E-state index contributed by atoms with van der Waals surface area (Å²) in [4.78, 5) is 0.664. The van der Waals surface area contributed by atoms with Crippen LogP contribution in [-0.2, 0) is 13.6 Å². The van der Waals surface area contributed by atoms with Gasteiger partial charge in [0.05, 0.1) is 13.2 Å². The maximum atomic E-state index is 13.3. The highest BCUT2D eigenvalue weighted by Gasteiger charge is 2.38. The molecule has 0 aromatic heterocycles. The first kappa shape index (κ1) is 19.0. The van der Waals surface area contributed by atoms with Crippen molar-refractivity contribution in [3.8, 4) is 0 Å². The van der Waals surface area contributed by atoms with Gasteiger partial charge in [-0.2, -0.15) is 0 Å². The fourth-order valence-corrected chi connectivity index (χ4v) is 4.65. The van der Waals surface area contributed by atoms with E-state index in [2.05, 4.69) is 17.9 Å². The van der Waals surface area contributed by atoms with E-state index in [1.54, 1.807) is 32.0 Å². The summed E-state index contributed by atoms with van der Waals surface area (Å²) in [5, 5.41) is 3.14. The van der Waals surface area contributed by atoms with Gasteiger partial charge in [0, 0.05) is 10.6 Å². The van der Waals surface area contributed by atoms with Crippen LogP contribution in [0, 0.1) is 5.82 Å². The fraction of sp³-hybridized carbons (Fsp3) is 0.294. The van der Waals surface area contributed by atoms with Gasteiger partial charge in [0.1, 0.15) is 5.82 Å². The predicted octanol–water partition coefficient (Wildman–Crippen LogP) is 5.49. The highest BCUT2D eigenvalue weighted by Crippen LogP contribution is 2.61. The van der Waals surface area contributed by atoms with E-state index in [1.807, 2.05) is 18.2 Å². The molecule has 24 heavy (non-hydrogen) atoms. The van der Waals surface area contributed by atoms with E-state index in [9.17, 15) is 8.96 Å². The molecule has 130 valence electrons. The van der Waals surface area contributed by atoms with Crippen molar-refractivity contribution in [3.63, 3.8) is 0 Å². The minimum Gasteiger partial charge on any atom is -0.368 e. The normalized spacial score (nSPS) is 12.8. The van der Waals surface area contributed by atoms with Gasteiger partial charge in [0.15, 0.2) is 5.78 Å². The van der Waals surface area contributed by atoms with Crippen LogP contribution in [0.1, 0.15) is 25.2 Å². The zero-order valence-corrected chi connectivity index (χ0v) is 15.4. The third-order valence-corrected chi connectivity index (χ3v) is 6.00. The average Bonchev–Trinajstić information content (AvgIpc) is 2.55. The Morgan fingerprint density at radius 1 is 1.08 bits per heavy atom. The molecule has 0 spiro atoms. The molecule has 1 N–H and O–H groups in total. The van der Waals surface area contributed by atoms with Crippen LogP contribution in [0.5, 0.6) is 0 Å². The van der Waals surface area contributed by atoms with Crippen LogP contribution >= 0.6 is 20.2 Å². The topological polar surface area (TPSA) is 47.6 Å². The van der Waals surface area contributed by atoms with Crippen molar-refractivity contribution in [2.75, 3.05) is 18.5 Å². The highest BCUT2D eigenvalue weighted by atomic mass is 32.1. The van der Waals surface area contributed by atoms with Crippen molar-refractivity contribution in [1.82, 2.24) is 0 Å². The lowest BCUT2D eigenvalue weighted by atomic mass is 10.2. The van der Waals surface area contributed by atoms with Gasteiger partial charge in [-0.3, -0.25) is 4.57 Å². The zero-order chi connectivity index (χ0) is 17.6. The first-order chi connectivity index (χ1) is 11.5. The number of halogens is 1. The second kappa shape index (κ2) is 8.67. The van der Waals surface area contributed by atoms with Gasteiger partial charge in [-0.05, 0) is 49.7 Å². The zero-order valence-electron chi connectivity index (χ0n) is 13.6. The molecule has 2 aromatic carbocycles. The van der Waals surface area contributed by atoms with E-state index >= 15 is 0 Å². The molecule has 0 saturated carbocycles. The van der Waals surface area contributed by atoms with E-state index in [0.29, 0.717) is 16.1 Å². The maximum Gasteiger partial charge on any atom is 0.357 e. The van der Waals surface area contributed by atoms with Gasteiger partial charge in [0.25, 0.3) is 0 Å². The molecule has 4 nitrogen and oxygen atoms in total. The largest absolute Gasteiger partial charge is 0.368 e. The quantitative estimate of drug-likeness (QED) is 0.477. The Hall–Kier alpha value is -1.33. The minimum absolute atomic E-state index is 0.244. The summed E-state index contributed by atoms with van der Waals surface area (Å²) in [6.45, 7) is 4.00. The molecule has 0 amide bonds. The van der Waals surface area contributed by atoms with Crippen molar-refractivity contribution in [1.29, 1.82) is 0 Å². The van der Waals surface area contributed by atoms with Crippen molar-refractivity contribution in [2.24, 2.45) is 0 Å². The molecule has 1 unspecified atom stereocenters. The first-order valence-corrected chi connectivity index (χ1v) is 9.75. The second-order valence-corrected chi connectivity index (χ2v) is 7.58. The Morgan fingerprint density at radius 3 is 2.21 bits per heavy atom. The van der Waals surface area contributed by atoms with Crippen molar-refractivity contribution < 1.29 is 18.0 Å². The Kier molecular flexibility index (Phi) is 6.87. The third-order valence-electron chi connectivity index (χ3n) is 3.31.